The molecule has 38 heavy (non-hydrogen) atoms. The molecular formula is C29H34F2N4O3. The summed E-state index contributed by atoms with van der Waals surface area (Å²) in [6.45, 7) is 4.26. The summed E-state index contributed by atoms with van der Waals surface area (Å²) in [6.07, 6.45) is -0.0683. The van der Waals surface area contributed by atoms with Crippen LogP contribution in [-0.2, 0) is 17.8 Å². The third-order valence-corrected chi connectivity index (χ3v) is 7.43. The van der Waals surface area contributed by atoms with Gasteiger partial charge in [0.05, 0.1) is 18.8 Å². The van der Waals surface area contributed by atoms with Crippen LogP contribution in [0.2, 0.25) is 0 Å². The maximum atomic E-state index is 13.5. The van der Waals surface area contributed by atoms with Crippen molar-refractivity contribution in [3.63, 3.8) is 0 Å². The Morgan fingerprint density at radius 3 is 1.97 bits per heavy atom. The molecule has 3 aromatic rings. The highest BCUT2D eigenvalue weighted by atomic mass is 19.1. The zero-order valence-corrected chi connectivity index (χ0v) is 21.2. The Hall–Kier alpha value is -2.95. The molecule has 0 saturated carbocycles. The maximum absolute atomic E-state index is 13.5. The Balaban J connectivity index is 1.32. The van der Waals surface area contributed by atoms with E-state index >= 15 is 0 Å². The van der Waals surface area contributed by atoms with Crippen molar-refractivity contribution < 1.29 is 23.7 Å². The number of anilines is 1. The monoisotopic (exact) mass is 524 g/mol. The number of pyridine rings is 1. The average molecular weight is 525 g/mol. The summed E-state index contributed by atoms with van der Waals surface area (Å²) < 4.78 is 33.3. The van der Waals surface area contributed by atoms with Crippen molar-refractivity contribution in [1.29, 1.82) is 0 Å². The number of rotatable bonds is 9. The van der Waals surface area contributed by atoms with Crippen LogP contribution in [-0.4, -0.2) is 88.7 Å². The van der Waals surface area contributed by atoms with Crippen LogP contribution in [0.4, 0.5) is 14.6 Å². The average Bonchev–Trinajstić information content (AvgIpc) is 3.26. The van der Waals surface area contributed by atoms with Crippen molar-refractivity contribution in [2.75, 3.05) is 44.2 Å². The van der Waals surface area contributed by atoms with Gasteiger partial charge in [-0.15, -0.1) is 0 Å². The van der Waals surface area contributed by atoms with Gasteiger partial charge in [0.25, 0.3) is 0 Å². The molecule has 2 fully saturated rings. The van der Waals surface area contributed by atoms with E-state index in [9.17, 15) is 19.0 Å². The summed E-state index contributed by atoms with van der Waals surface area (Å²) in [7, 11) is 0. The zero-order valence-electron chi connectivity index (χ0n) is 21.2. The van der Waals surface area contributed by atoms with Crippen LogP contribution in [0.5, 0.6) is 0 Å². The third kappa shape index (κ3) is 6.36. The molecule has 0 bridgehead atoms. The second-order valence-corrected chi connectivity index (χ2v) is 10.0. The molecule has 2 saturated heterocycles. The van der Waals surface area contributed by atoms with E-state index in [-0.39, 0.29) is 30.4 Å². The van der Waals surface area contributed by atoms with Crippen molar-refractivity contribution >= 4 is 5.82 Å². The highest BCUT2D eigenvalue weighted by molar-refractivity contribution is 5.38. The fourth-order valence-electron chi connectivity index (χ4n) is 5.50. The van der Waals surface area contributed by atoms with Gasteiger partial charge in [0.1, 0.15) is 29.7 Å². The Kier molecular flexibility index (Phi) is 8.61. The van der Waals surface area contributed by atoms with Crippen molar-refractivity contribution in [3.8, 4) is 0 Å². The molecule has 2 aliphatic heterocycles. The van der Waals surface area contributed by atoms with Crippen molar-refractivity contribution in [2.45, 2.75) is 37.4 Å². The maximum Gasteiger partial charge on any atom is 0.128 e. The number of aliphatic hydroxyl groups is 2. The van der Waals surface area contributed by atoms with Crippen LogP contribution < -0.4 is 4.90 Å². The number of benzene rings is 2. The molecule has 0 spiro atoms. The molecule has 0 amide bonds. The molecule has 4 unspecified atom stereocenters. The van der Waals surface area contributed by atoms with Crippen molar-refractivity contribution in [2.24, 2.45) is 0 Å². The summed E-state index contributed by atoms with van der Waals surface area (Å²) in [5.41, 5.74) is 1.87. The predicted octanol–water partition coefficient (Wildman–Crippen LogP) is 2.67. The molecule has 2 aliphatic rings. The summed E-state index contributed by atoms with van der Waals surface area (Å²) in [4.78, 5) is 11.1. The first kappa shape index (κ1) is 26.6. The molecular weight excluding hydrogens is 490 g/mol. The van der Waals surface area contributed by atoms with Crippen LogP contribution in [0.15, 0.2) is 72.9 Å². The van der Waals surface area contributed by atoms with Crippen molar-refractivity contribution in [3.05, 3.63) is 95.7 Å². The fraction of sp³-hybridized carbons (Fsp3) is 0.414. The first-order valence-corrected chi connectivity index (χ1v) is 13.1. The van der Waals surface area contributed by atoms with Gasteiger partial charge in [-0.2, -0.15) is 0 Å². The third-order valence-electron chi connectivity index (χ3n) is 7.43. The largest absolute Gasteiger partial charge is 0.394 e. The minimum Gasteiger partial charge on any atom is -0.394 e. The molecule has 9 heteroatoms. The van der Waals surface area contributed by atoms with E-state index in [0.717, 1.165) is 43.1 Å². The Bertz CT molecular complexity index is 1100. The Morgan fingerprint density at radius 2 is 1.45 bits per heavy atom. The van der Waals surface area contributed by atoms with Gasteiger partial charge in [-0.05, 0) is 47.5 Å². The molecule has 202 valence electrons. The van der Waals surface area contributed by atoms with Crippen LogP contribution in [0.25, 0.3) is 0 Å². The highest BCUT2D eigenvalue weighted by Crippen LogP contribution is 2.29. The summed E-state index contributed by atoms with van der Waals surface area (Å²) in [5, 5.41) is 21.1. The predicted molar refractivity (Wildman–Crippen MR) is 140 cm³/mol. The van der Waals surface area contributed by atoms with Gasteiger partial charge in [0.15, 0.2) is 0 Å². The van der Waals surface area contributed by atoms with E-state index in [1.54, 1.807) is 30.5 Å². The Labute approximate surface area is 221 Å². The zero-order chi connectivity index (χ0) is 26.5. The summed E-state index contributed by atoms with van der Waals surface area (Å²) >= 11 is 0. The molecule has 0 radical (unpaired) electrons. The van der Waals surface area contributed by atoms with Crippen LogP contribution in [0.1, 0.15) is 11.1 Å². The molecule has 0 aliphatic carbocycles. The van der Waals surface area contributed by atoms with Gasteiger partial charge < -0.3 is 19.8 Å². The van der Waals surface area contributed by atoms with E-state index in [1.807, 2.05) is 18.2 Å². The first-order valence-electron chi connectivity index (χ1n) is 13.1. The molecule has 3 heterocycles. The van der Waals surface area contributed by atoms with E-state index in [4.69, 9.17) is 4.74 Å². The van der Waals surface area contributed by atoms with Gasteiger partial charge in [0.2, 0.25) is 0 Å². The second-order valence-electron chi connectivity index (χ2n) is 10.0. The van der Waals surface area contributed by atoms with Gasteiger partial charge in [0, 0.05) is 52.0 Å². The number of halogens is 2. The molecule has 5 rings (SSSR count). The molecule has 7 nitrogen and oxygen atoms in total. The normalized spacial score (nSPS) is 24.3. The lowest BCUT2D eigenvalue weighted by Gasteiger charge is -2.41. The number of aromatic nitrogens is 1. The Morgan fingerprint density at radius 1 is 0.842 bits per heavy atom. The van der Waals surface area contributed by atoms with Gasteiger partial charge in [-0.25, -0.2) is 13.8 Å². The van der Waals surface area contributed by atoms with Crippen LogP contribution >= 0.6 is 0 Å². The summed E-state index contributed by atoms with van der Waals surface area (Å²) in [5.74, 6) is 0.346. The lowest BCUT2D eigenvalue weighted by molar-refractivity contribution is -0.0325. The number of ether oxygens (including phenoxy) is 1. The van der Waals surface area contributed by atoms with Gasteiger partial charge in [-0.3, -0.25) is 9.80 Å². The molecule has 2 aromatic carbocycles. The van der Waals surface area contributed by atoms with E-state index in [2.05, 4.69) is 19.7 Å². The van der Waals surface area contributed by atoms with Gasteiger partial charge in [-0.1, -0.05) is 30.3 Å². The smallest absolute Gasteiger partial charge is 0.128 e. The van der Waals surface area contributed by atoms with Gasteiger partial charge >= 0.3 is 0 Å². The second kappa shape index (κ2) is 12.3. The molecule has 4 atom stereocenters. The minimum atomic E-state index is -0.829. The van der Waals surface area contributed by atoms with Crippen LogP contribution in [0, 0.1) is 11.6 Å². The fourth-order valence-corrected chi connectivity index (χ4v) is 5.50. The molecule has 1 aromatic heterocycles. The standard InChI is InChI=1S/C29H34F2N4O3/c30-23-8-4-21(5-9-23)17-33(18-22-6-10-24(31)11-7-22)19-25-28(29(37)26(20-36)38-25)35-15-13-34(14-16-35)27-3-1-2-12-32-27/h1-12,25-26,28-29,36-37H,13-20H2. The SMILES string of the molecule is OCC1OC(CN(Cc2ccc(F)cc2)Cc2ccc(F)cc2)C(N2CCN(c3ccccn3)CC2)C1O. The lowest BCUT2D eigenvalue weighted by Crippen LogP contribution is -2.57. The number of piperazine rings is 1. The summed E-state index contributed by atoms with van der Waals surface area (Å²) in [6, 6.07) is 18.3. The van der Waals surface area contributed by atoms with Crippen LogP contribution in [0.3, 0.4) is 0 Å². The quantitative estimate of drug-likeness (QED) is 0.446. The lowest BCUT2D eigenvalue weighted by atomic mass is 10.0. The van der Waals surface area contributed by atoms with E-state index in [1.165, 1.54) is 24.3 Å². The number of nitrogens with zero attached hydrogens (tertiary/aromatic N) is 4. The first-order chi connectivity index (χ1) is 18.5. The number of hydrogen-bond acceptors (Lipinski definition) is 7. The molecule has 2 N–H and O–H groups in total. The highest BCUT2D eigenvalue weighted by Gasteiger charge is 2.47. The van der Waals surface area contributed by atoms with E-state index in [0.29, 0.717) is 19.6 Å². The van der Waals surface area contributed by atoms with E-state index < -0.39 is 12.2 Å². The number of aliphatic hydroxyl groups excluding tert-OH is 2. The topological polar surface area (TPSA) is 72.3 Å². The minimum absolute atomic E-state index is 0.266. The number of hydrogen-bond donors (Lipinski definition) is 2. The van der Waals surface area contributed by atoms with Crippen molar-refractivity contribution in [1.82, 2.24) is 14.8 Å².